The molecule has 150 valence electrons. The van der Waals surface area contributed by atoms with Crippen LogP contribution in [0.15, 0.2) is 30.3 Å². The van der Waals surface area contributed by atoms with Crippen molar-refractivity contribution in [2.24, 2.45) is 0 Å². The summed E-state index contributed by atoms with van der Waals surface area (Å²) < 4.78 is 21.1. The Morgan fingerprint density at radius 2 is 1.43 bits per heavy atom. The molecule has 0 saturated heterocycles. The van der Waals surface area contributed by atoms with Gasteiger partial charge >= 0.3 is 0 Å². The molecule has 2 rings (SSSR count). The number of amides is 2. The van der Waals surface area contributed by atoms with Crippen molar-refractivity contribution >= 4 is 23.2 Å². The van der Waals surface area contributed by atoms with Crippen LogP contribution in [0.5, 0.6) is 23.0 Å². The summed E-state index contributed by atoms with van der Waals surface area (Å²) in [5.74, 6) is 1.10. The second-order valence-corrected chi connectivity index (χ2v) is 5.68. The van der Waals surface area contributed by atoms with Crippen molar-refractivity contribution in [2.45, 2.75) is 13.3 Å². The molecule has 0 aliphatic rings. The minimum Gasteiger partial charge on any atom is -0.495 e. The maximum atomic E-state index is 12.7. The van der Waals surface area contributed by atoms with Crippen molar-refractivity contribution in [3.05, 3.63) is 35.9 Å². The molecule has 0 heterocycles. The van der Waals surface area contributed by atoms with Gasteiger partial charge in [0.1, 0.15) is 5.75 Å². The van der Waals surface area contributed by atoms with Crippen LogP contribution in [0.4, 0.5) is 11.4 Å². The summed E-state index contributed by atoms with van der Waals surface area (Å²) in [6.45, 7) is 1.75. The van der Waals surface area contributed by atoms with Crippen LogP contribution in [0, 0.1) is 0 Å². The van der Waals surface area contributed by atoms with E-state index in [1.807, 2.05) is 0 Å². The fourth-order valence-corrected chi connectivity index (χ4v) is 2.54. The first kappa shape index (κ1) is 20.9. The molecule has 0 spiro atoms. The summed E-state index contributed by atoms with van der Waals surface area (Å²) in [6, 6.07) is 8.08. The number of hydrogen-bond donors (Lipinski definition) is 2. The van der Waals surface area contributed by atoms with Gasteiger partial charge in [0.2, 0.25) is 11.7 Å². The summed E-state index contributed by atoms with van der Waals surface area (Å²) in [4.78, 5) is 24.4. The van der Waals surface area contributed by atoms with E-state index in [0.29, 0.717) is 46.4 Å². The Balaban J connectivity index is 2.32. The highest BCUT2D eigenvalue weighted by Crippen LogP contribution is 2.38. The fourth-order valence-electron chi connectivity index (χ4n) is 2.54. The predicted octanol–water partition coefficient (Wildman–Crippen LogP) is 3.32. The maximum absolute atomic E-state index is 12.7. The molecule has 0 saturated carbocycles. The van der Waals surface area contributed by atoms with Gasteiger partial charge in [-0.3, -0.25) is 9.59 Å². The van der Waals surface area contributed by atoms with E-state index in [2.05, 4.69) is 10.6 Å². The maximum Gasteiger partial charge on any atom is 0.255 e. The molecular weight excluding hydrogens is 364 g/mol. The molecule has 28 heavy (non-hydrogen) atoms. The highest BCUT2D eigenvalue weighted by Gasteiger charge is 2.17. The van der Waals surface area contributed by atoms with Gasteiger partial charge in [-0.15, -0.1) is 0 Å². The highest BCUT2D eigenvalue weighted by molar-refractivity contribution is 6.05. The second kappa shape index (κ2) is 9.50. The van der Waals surface area contributed by atoms with Crippen molar-refractivity contribution < 1.29 is 28.5 Å². The lowest BCUT2D eigenvalue weighted by molar-refractivity contribution is -0.115. The summed E-state index contributed by atoms with van der Waals surface area (Å²) >= 11 is 0. The predicted molar refractivity (Wildman–Crippen MR) is 106 cm³/mol. The van der Waals surface area contributed by atoms with Gasteiger partial charge in [0.25, 0.3) is 5.91 Å². The standard InChI is InChI=1S/C20H24N2O6/c1-6-18(23)22-14-11-13(7-8-15(14)25-2)21-20(24)12-9-16(26-3)19(28-5)17(10-12)27-4/h7-11H,6H2,1-5H3,(H,21,24)(H,22,23). The molecule has 0 unspecified atom stereocenters. The third-order valence-corrected chi connectivity index (χ3v) is 3.98. The molecular formula is C20H24N2O6. The van der Waals surface area contributed by atoms with Crippen molar-refractivity contribution in [3.8, 4) is 23.0 Å². The number of nitrogens with one attached hydrogen (secondary N) is 2. The van der Waals surface area contributed by atoms with Crippen LogP contribution in [0.1, 0.15) is 23.7 Å². The van der Waals surface area contributed by atoms with Gasteiger partial charge < -0.3 is 29.6 Å². The Labute approximate surface area is 163 Å². The molecule has 0 aromatic heterocycles. The Hall–Kier alpha value is -3.42. The second-order valence-electron chi connectivity index (χ2n) is 5.68. The molecule has 2 aromatic carbocycles. The first-order chi connectivity index (χ1) is 13.5. The first-order valence-electron chi connectivity index (χ1n) is 8.56. The number of hydrogen-bond acceptors (Lipinski definition) is 6. The quantitative estimate of drug-likeness (QED) is 0.720. The number of benzene rings is 2. The topological polar surface area (TPSA) is 95.1 Å². The minimum absolute atomic E-state index is 0.161. The van der Waals surface area contributed by atoms with Gasteiger partial charge in [-0.25, -0.2) is 0 Å². The molecule has 0 aliphatic carbocycles. The van der Waals surface area contributed by atoms with Gasteiger partial charge in [-0.2, -0.15) is 0 Å². The molecule has 2 N–H and O–H groups in total. The molecule has 0 bridgehead atoms. The fraction of sp³-hybridized carbons (Fsp3) is 0.300. The number of carbonyl (C=O) groups excluding carboxylic acids is 2. The van der Waals surface area contributed by atoms with Crippen LogP contribution in [0.2, 0.25) is 0 Å². The van der Waals surface area contributed by atoms with Crippen LogP contribution >= 0.6 is 0 Å². The van der Waals surface area contributed by atoms with Crippen LogP contribution in [-0.2, 0) is 4.79 Å². The largest absolute Gasteiger partial charge is 0.495 e. The van der Waals surface area contributed by atoms with Crippen molar-refractivity contribution in [2.75, 3.05) is 39.1 Å². The zero-order valence-corrected chi connectivity index (χ0v) is 16.5. The zero-order valence-electron chi connectivity index (χ0n) is 16.5. The number of methoxy groups -OCH3 is 4. The van der Waals surface area contributed by atoms with E-state index in [9.17, 15) is 9.59 Å². The van der Waals surface area contributed by atoms with Gasteiger partial charge in [-0.05, 0) is 30.3 Å². The van der Waals surface area contributed by atoms with Crippen molar-refractivity contribution in [1.82, 2.24) is 0 Å². The van der Waals surface area contributed by atoms with E-state index in [1.165, 1.54) is 28.4 Å². The summed E-state index contributed by atoms with van der Waals surface area (Å²) in [5.41, 5.74) is 1.28. The molecule has 8 heteroatoms. The SMILES string of the molecule is CCC(=O)Nc1cc(NC(=O)c2cc(OC)c(OC)c(OC)c2)ccc1OC. The van der Waals surface area contributed by atoms with E-state index in [1.54, 1.807) is 37.3 Å². The minimum atomic E-state index is -0.378. The van der Waals surface area contributed by atoms with E-state index in [-0.39, 0.29) is 11.8 Å². The Kier molecular flexibility index (Phi) is 7.08. The average Bonchev–Trinajstić information content (AvgIpc) is 2.72. The summed E-state index contributed by atoms with van der Waals surface area (Å²) in [6.07, 6.45) is 0.325. The molecule has 8 nitrogen and oxygen atoms in total. The molecule has 0 fully saturated rings. The van der Waals surface area contributed by atoms with Crippen LogP contribution < -0.4 is 29.6 Å². The smallest absolute Gasteiger partial charge is 0.255 e. The number of carbonyl (C=O) groups is 2. The monoisotopic (exact) mass is 388 g/mol. The third-order valence-electron chi connectivity index (χ3n) is 3.98. The molecule has 0 aliphatic heterocycles. The Morgan fingerprint density at radius 3 is 1.93 bits per heavy atom. The first-order valence-corrected chi connectivity index (χ1v) is 8.56. The normalized spacial score (nSPS) is 10.0. The molecule has 2 aromatic rings. The number of rotatable bonds is 8. The van der Waals surface area contributed by atoms with E-state index >= 15 is 0 Å². The van der Waals surface area contributed by atoms with Gasteiger partial charge in [0, 0.05) is 17.7 Å². The third kappa shape index (κ3) is 4.64. The summed E-state index contributed by atoms with van der Waals surface area (Å²) in [7, 11) is 5.95. The van der Waals surface area contributed by atoms with Crippen LogP contribution in [0.3, 0.4) is 0 Å². The Bertz CT molecular complexity index is 841. The lowest BCUT2D eigenvalue weighted by Gasteiger charge is -2.15. The number of ether oxygens (including phenoxy) is 4. The highest BCUT2D eigenvalue weighted by atomic mass is 16.5. The lowest BCUT2D eigenvalue weighted by atomic mass is 10.1. The average molecular weight is 388 g/mol. The Morgan fingerprint density at radius 1 is 0.821 bits per heavy atom. The number of anilines is 2. The van der Waals surface area contributed by atoms with E-state index < -0.39 is 0 Å². The van der Waals surface area contributed by atoms with E-state index in [0.717, 1.165) is 0 Å². The van der Waals surface area contributed by atoms with Crippen molar-refractivity contribution in [3.63, 3.8) is 0 Å². The molecule has 0 radical (unpaired) electrons. The van der Waals surface area contributed by atoms with Crippen molar-refractivity contribution in [1.29, 1.82) is 0 Å². The molecule has 2 amide bonds. The van der Waals surface area contributed by atoms with Crippen LogP contribution in [-0.4, -0.2) is 40.3 Å². The van der Waals surface area contributed by atoms with E-state index in [4.69, 9.17) is 18.9 Å². The lowest BCUT2D eigenvalue weighted by Crippen LogP contribution is -2.14. The summed E-state index contributed by atoms with van der Waals surface area (Å²) in [5, 5.41) is 5.53. The van der Waals surface area contributed by atoms with Gasteiger partial charge in [0.05, 0.1) is 34.1 Å². The van der Waals surface area contributed by atoms with Crippen LogP contribution in [0.25, 0.3) is 0 Å². The zero-order chi connectivity index (χ0) is 20.7. The van der Waals surface area contributed by atoms with Gasteiger partial charge in [-0.1, -0.05) is 6.92 Å². The molecule has 0 atom stereocenters. The van der Waals surface area contributed by atoms with Gasteiger partial charge in [0.15, 0.2) is 11.5 Å².